The molecule has 0 aliphatic rings. The highest BCUT2D eigenvalue weighted by Gasteiger charge is 2.14. The standard InChI is InChI=1S/C22H21N5O/c1-22(2,3)17-10-8-15(9-11-17)21(28)25-20-13-12-19(26-27-20)24-18-7-5-4-6-16(18)14-23/h4-13H,1-3H3,(H,24,26)(H,25,27,28). The number of nitrogens with zero attached hydrogens (tertiary/aromatic N) is 3. The number of aromatic nitrogens is 2. The number of anilines is 3. The third kappa shape index (κ3) is 4.51. The predicted molar refractivity (Wildman–Crippen MR) is 110 cm³/mol. The van der Waals surface area contributed by atoms with Crippen LogP contribution in [-0.2, 0) is 5.41 Å². The zero-order valence-corrected chi connectivity index (χ0v) is 16.0. The minimum atomic E-state index is -0.245. The summed E-state index contributed by atoms with van der Waals surface area (Å²) >= 11 is 0. The Balaban J connectivity index is 1.67. The average molecular weight is 371 g/mol. The first-order valence-corrected chi connectivity index (χ1v) is 8.88. The molecule has 140 valence electrons. The van der Waals surface area contributed by atoms with Crippen LogP contribution < -0.4 is 10.6 Å². The summed E-state index contributed by atoms with van der Waals surface area (Å²) in [6, 6.07) is 20.1. The summed E-state index contributed by atoms with van der Waals surface area (Å²) in [7, 11) is 0. The summed E-state index contributed by atoms with van der Waals surface area (Å²) < 4.78 is 0. The van der Waals surface area contributed by atoms with Gasteiger partial charge in [-0.15, -0.1) is 10.2 Å². The molecule has 6 nitrogen and oxygen atoms in total. The topological polar surface area (TPSA) is 90.7 Å². The number of benzene rings is 2. The summed E-state index contributed by atoms with van der Waals surface area (Å²) in [5, 5.41) is 23.0. The Kier molecular flexibility index (Phi) is 5.37. The number of nitrogens with one attached hydrogen (secondary N) is 2. The normalized spacial score (nSPS) is 10.8. The molecule has 3 aromatic rings. The van der Waals surface area contributed by atoms with Crippen molar-refractivity contribution in [1.29, 1.82) is 5.26 Å². The van der Waals surface area contributed by atoms with Crippen molar-refractivity contribution in [3.8, 4) is 6.07 Å². The number of hydrogen-bond acceptors (Lipinski definition) is 5. The van der Waals surface area contributed by atoms with Crippen molar-refractivity contribution in [2.24, 2.45) is 0 Å². The second kappa shape index (κ2) is 7.89. The van der Waals surface area contributed by atoms with E-state index < -0.39 is 0 Å². The lowest BCUT2D eigenvalue weighted by Crippen LogP contribution is -2.15. The second-order valence-electron chi connectivity index (χ2n) is 7.37. The van der Waals surface area contributed by atoms with Crippen molar-refractivity contribution in [3.63, 3.8) is 0 Å². The SMILES string of the molecule is CC(C)(C)c1ccc(C(=O)Nc2ccc(Nc3ccccc3C#N)nn2)cc1. The summed E-state index contributed by atoms with van der Waals surface area (Å²) in [5.74, 6) is 0.588. The lowest BCUT2D eigenvalue weighted by atomic mass is 9.87. The molecule has 6 heteroatoms. The summed E-state index contributed by atoms with van der Waals surface area (Å²) in [5.41, 5.74) is 2.92. The molecule has 0 radical (unpaired) electrons. The number of hydrogen-bond donors (Lipinski definition) is 2. The van der Waals surface area contributed by atoms with Crippen LogP contribution in [0.5, 0.6) is 0 Å². The Morgan fingerprint density at radius 3 is 2.18 bits per heavy atom. The molecule has 1 heterocycles. The summed E-state index contributed by atoms with van der Waals surface area (Å²) in [6.45, 7) is 6.38. The van der Waals surface area contributed by atoms with Gasteiger partial charge in [0.1, 0.15) is 6.07 Å². The highest BCUT2D eigenvalue weighted by atomic mass is 16.1. The molecule has 0 saturated carbocycles. The number of carbonyl (C=O) groups excluding carboxylic acids is 1. The third-order valence-corrected chi connectivity index (χ3v) is 4.23. The molecule has 28 heavy (non-hydrogen) atoms. The van der Waals surface area contributed by atoms with Crippen molar-refractivity contribution in [1.82, 2.24) is 10.2 Å². The Labute approximate surface area is 164 Å². The lowest BCUT2D eigenvalue weighted by Gasteiger charge is -2.19. The Morgan fingerprint density at radius 2 is 1.57 bits per heavy atom. The molecular formula is C22H21N5O. The summed E-state index contributed by atoms with van der Waals surface area (Å²) in [6.07, 6.45) is 0. The zero-order valence-electron chi connectivity index (χ0n) is 16.0. The van der Waals surface area contributed by atoms with Gasteiger partial charge in [-0.3, -0.25) is 4.79 Å². The van der Waals surface area contributed by atoms with Crippen LogP contribution in [-0.4, -0.2) is 16.1 Å². The minimum absolute atomic E-state index is 0.0352. The van der Waals surface area contributed by atoms with E-state index >= 15 is 0 Å². The van der Waals surface area contributed by atoms with Crippen LogP contribution in [0.3, 0.4) is 0 Å². The molecular weight excluding hydrogens is 350 g/mol. The van der Waals surface area contributed by atoms with Crippen LogP contribution in [0.4, 0.5) is 17.3 Å². The fraction of sp³-hybridized carbons (Fsp3) is 0.182. The van der Waals surface area contributed by atoms with E-state index in [0.717, 1.165) is 5.56 Å². The first-order chi connectivity index (χ1) is 13.4. The van der Waals surface area contributed by atoms with E-state index in [1.807, 2.05) is 18.2 Å². The van der Waals surface area contributed by atoms with Crippen LogP contribution >= 0.6 is 0 Å². The second-order valence-corrected chi connectivity index (χ2v) is 7.37. The van der Waals surface area contributed by atoms with Crippen LogP contribution in [0.1, 0.15) is 42.3 Å². The number of carbonyl (C=O) groups is 1. The van der Waals surface area contributed by atoms with Crippen molar-refractivity contribution in [2.75, 3.05) is 10.6 Å². The summed E-state index contributed by atoms with van der Waals surface area (Å²) in [4.78, 5) is 12.4. The number of amides is 1. The maximum Gasteiger partial charge on any atom is 0.256 e. The molecule has 2 N–H and O–H groups in total. The van der Waals surface area contributed by atoms with E-state index in [2.05, 4.69) is 47.7 Å². The highest BCUT2D eigenvalue weighted by Crippen LogP contribution is 2.22. The molecule has 2 aromatic carbocycles. The fourth-order valence-corrected chi connectivity index (χ4v) is 2.60. The monoisotopic (exact) mass is 371 g/mol. The number of para-hydroxylation sites is 1. The van der Waals surface area contributed by atoms with Crippen LogP contribution in [0.25, 0.3) is 0 Å². The average Bonchev–Trinajstić information content (AvgIpc) is 2.69. The zero-order chi connectivity index (χ0) is 20.1. The van der Waals surface area contributed by atoms with Crippen molar-refractivity contribution < 1.29 is 4.79 Å². The fourth-order valence-electron chi connectivity index (χ4n) is 2.60. The van der Waals surface area contributed by atoms with E-state index in [1.54, 1.807) is 42.5 Å². The van der Waals surface area contributed by atoms with Gasteiger partial charge >= 0.3 is 0 Å². The van der Waals surface area contributed by atoms with Crippen molar-refractivity contribution in [2.45, 2.75) is 26.2 Å². The maximum absolute atomic E-state index is 12.4. The van der Waals surface area contributed by atoms with Crippen LogP contribution in [0.2, 0.25) is 0 Å². The molecule has 0 saturated heterocycles. The van der Waals surface area contributed by atoms with E-state index in [9.17, 15) is 4.79 Å². The number of nitriles is 1. The molecule has 0 unspecified atom stereocenters. The van der Waals surface area contributed by atoms with Gasteiger partial charge in [0.05, 0.1) is 11.3 Å². The van der Waals surface area contributed by atoms with Crippen LogP contribution in [0, 0.1) is 11.3 Å². The number of rotatable bonds is 4. The van der Waals surface area contributed by atoms with E-state index in [4.69, 9.17) is 5.26 Å². The van der Waals surface area contributed by atoms with Gasteiger partial charge in [-0.2, -0.15) is 5.26 Å². The molecule has 0 aliphatic heterocycles. The molecule has 1 amide bonds. The van der Waals surface area contributed by atoms with Crippen molar-refractivity contribution in [3.05, 3.63) is 77.4 Å². The van der Waals surface area contributed by atoms with Gasteiger partial charge in [-0.05, 0) is 47.4 Å². The van der Waals surface area contributed by atoms with E-state index in [1.165, 1.54) is 0 Å². The van der Waals surface area contributed by atoms with E-state index in [-0.39, 0.29) is 11.3 Å². The van der Waals surface area contributed by atoms with Gasteiger partial charge in [0.15, 0.2) is 11.6 Å². The Hall–Kier alpha value is -3.72. The quantitative estimate of drug-likeness (QED) is 0.697. The van der Waals surface area contributed by atoms with Gasteiger partial charge in [0.25, 0.3) is 5.91 Å². The van der Waals surface area contributed by atoms with Gasteiger partial charge in [-0.25, -0.2) is 0 Å². The Morgan fingerprint density at radius 1 is 0.929 bits per heavy atom. The van der Waals surface area contributed by atoms with E-state index in [0.29, 0.717) is 28.5 Å². The predicted octanol–water partition coefficient (Wildman–Crippen LogP) is 4.64. The molecule has 3 rings (SSSR count). The molecule has 0 atom stereocenters. The van der Waals surface area contributed by atoms with Gasteiger partial charge in [-0.1, -0.05) is 45.0 Å². The first kappa shape index (κ1) is 19.1. The molecule has 0 spiro atoms. The van der Waals surface area contributed by atoms with Gasteiger partial charge in [0.2, 0.25) is 0 Å². The minimum Gasteiger partial charge on any atom is -0.338 e. The lowest BCUT2D eigenvalue weighted by molar-refractivity contribution is 0.102. The van der Waals surface area contributed by atoms with Crippen molar-refractivity contribution >= 4 is 23.2 Å². The molecule has 0 fully saturated rings. The largest absolute Gasteiger partial charge is 0.338 e. The maximum atomic E-state index is 12.4. The van der Waals surface area contributed by atoms with Gasteiger partial charge < -0.3 is 10.6 Å². The Bertz CT molecular complexity index is 1010. The van der Waals surface area contributed by atoms with Crippen LogP contribution in [0.15, 0.2) is 60.7 Å². The smallest absolute Gasteiger partial charge is 0.256 e. The highest BCUT2D eigenvalue weighted by molar-refractivity contribution is 6.03. The molecule has 1 aromatic heterocycles. The first-order valence-electron chi connectivity index (χ1n) is 8.88. The van der Waals surface area contributed by atoms with Gasteiger partial charge in [0, 0.05) is 5.56 Å². The molecule has 0 aliphatic carbocycles. The third-order valence-electron chi connectivity index (χ3n) is 4.23. The molecule has 0 bridgehead atoms.